The first-order chi connectivity index (χ1) is 11.0. The Bertz CT molecular complexity index is 871. The minimum absolute atomic E-state index is 0.0986. The van der Waals surface area contributed by atoms with Crippen LogP contribution in [-0.4, -0.2) is 11.1 Å². The molecule has 0 radical (unpaired) electrons. The van der Waals surface area contributed by atoms with Gasteiger partial charge in [-0.2, -0.15) is 0 Å². The zero-order valence-electron chi connectivity index (χ0n) is 12.8. The molecule has 1 heterocycles. The first kappa shape index (κ1) is 15.0. The summed E-state index contributed by atoms with van der Waals surface area (Å²) in [6.07, 6.45) is 0. The van der Waals surface area contributed by atoms with Gasteiger partial charge in [-0.25, -0.2) is 4.39 Å². The lowest BCUT2D eigenvalue weighted by molar-refractivity contribution is 0.101. The predicted octanol–water partition coefficient (Wildman–Crippen LogP) is 4.35. The summed E-state index contributed by atoms with van der Waals surface area (Å²) in [4.78, 5) is 12.1. The molecule has 2 aromatic carbocycles. The highest BCUT2D eigenvalue weighted by molar-refractivity contribution is 6.03. The third kappa shape index (κ3) is 3.13. The van der Waals surface area contributed by atoms with E-state index in [4.69, 9.17) is 4.52 Å². The molecule has 0 saturated carbocycles. The summed E-state index contributed by atoms with van der Waals surface area (Å²) in [7, 11) is 0. The molecule has 0 atom stereocenters. The van der Waals surface area contributed by atoms with Crippen LogP contribution in [0, 0.1) is 19.7 Å². The van der Waals surface area contributed by atoms with E-state index in [0.717, 1.165) is 11.1 Å². The van der Waals surface area contributed by atoms with Gasteiger partial charge in [0.15, 0.2) is 11.5 Å². The minimum atomic E-state index is -0.520. The summed E-state index contributed by atoms with van der Waals surface area (Å²) in [6.45, 7) is 4.02. The van der Waals surface area contributed by atoms with Gasteiger partial charge in [0.05, 0.1) is 5.69 Å². The van der Waals surface area contributed by atoms with Crippen molar-refractivity contribution in [1.82, 2.24) is 5.16 Å². The molecule has 0 aliphatic rings. The second-order valence-electron chi connectivity index (χ2n) is 5.31. The number of anilines is 1. The van der Waals surface area contributed by atoms with Crippen LogP contribution in [-0.2, 0) is 0 Å². The molecule has 3 aromatic rings. The number of aryl methyl sites for hydroxylation is 2. The highest BCUT2D eigenvalue weighted by atomic mass is 19.1. The van der Waals surface area contributed by atoms with E-state index >= 15 is 0 Å². The monoisotopic (exact) mass is 310 g/mol. The lowest BCUT2D eigenvalue weighted by atomic mass is 10.0. The number of hydrogen-bond donors (Lipinski definition) is 1. The average molecular weight is 310 g/mol. The van der Waals surface area contributed by atoms with E-state index in [2.05, 4.69) is 10.5 Å². The quantitative estimate of drug-likeness (QED) is 0.782. The maximum Gasteiger partial charge on any atom is 0.277 e. The maximum atomic E-state index is 13.6. The van der Waals surface area contributed by atoms with Crippen LogP contribution in [0.15, 0.2) is 53.1 Å². The van der Waals surface area contributed by atoms with Crippen LogP contribution in [0.4, 0.5) is 10.1 Å². The molecule has 23 heavy (non-hydrogen) atoms. The molecular formula is C18H15FN2O2. The number of rotatable bonds is 3. The summed E-state index contributed by atoms with van der Waals surface area (Å²) in [5.74, 6) is -0.528. The number of aromatic nitrogens is 1. The van der Waals surface area contributed by atoms with Crippen LogP contribution in [0.1, 0.15) is 21.6 Å². The Morgan fingerprint density at radius 3 is 2.61 bits per heavy atom. The number of hydrogen-bond acceptors (Lipinski definition) is 3. The Labute approximate surface area is 132 Å². The summed E-state index contributed by atoms with van der Waals surface area (Å²) < 4.78 is 18.8. The van der Waals surface area contributed by atoms with E-state index in [1.165, 1.54) is 17.7 Å². The van der Waals surface area contributed by atoms with Crippen molar-refractivity contribution in [3.05, 3.63) is 71.2 Å². The van der Waals surface area contributed by atoms with E-state index in [1.807, 2.05) is 32.0 Å². The normalized spacial score (nSPS) is 10.6. The number of para-hydroxylation sites is 1. The van der Waals surface area contributed by atoms with Gasteiger partial charge in [0, 0.05) is 11.6 Å². The molecule has 1 aromatic heterocycles. The molecule has 0 saturated heterocycles. The SMILES string of the molecule is Cc1ccc(-c2cc(C(=O)Nc3ccccc3F)no2)cc1C. The average Bonchev–Trinajstić information content (AvgIpc) is 3.02. The third-order valence-electron chi connectivity index (χ3n) is 3.66. The lowest BCUT2D eigenvalue weighted by Gasteiger charge is -2.03. The molecule has 1 N–H and O–H groups in total. The summed E-state index contributed by atoms with van der Waals surface area (Å²) in [5, 5.41) is 6.24. The Hall–Kier alpha value is -2.95. The number of carbonyl (C=O) groups is 1. The first-order valence-corrected chi connectivity index (χ1v) is 7.15. The summed E-state index contributed by atoms with van der Waals surface area (Å²) >= 11 is 0. The number of nitrogens with one attached hydrogen (secondary N) is 1. The molecule has 0 aliphatic heterocycles. The van der Waals surface area contributed by atoms with E-state index in [-0.39, 0.29) is 11.4 Å². The fourth-order valence-electron chi connectivity index (χ4n) is 2.16. The Balaban J connectivity index is 1.82. The zero-order chi connectivity index (χ0) is 16.4. The van der Waals surface area contributed by atoms with Gasteiger partial charge < -0.3 is 9.84 Å². The maximum absolute atomic E-state index is 13.6. The topological polar surface area (TPSA) is 55.1 Å². The van der Waals surface area contributed by atoms with Crippen molar-refractivity contribution in [3.8, 4) is 11.3 Å². The van der Waals surface area contributed by atoms with Crippen LogP contribution < -0.4 is 5.32 Å². The largest absolute Gasteiger partial charge is 0.355 e. The molecule has 4 nitrogen and oxygen atoms in total. The molecule has 0 unspecified atom stereocenters. The van der Waals surface area contributed by atoms with Crippen molar-refractivity contribution in [2.45, 2.75) is 13.8 Å². The second-order valence-corrected chi connectivity index (χ2v) is 5.31. The molecule has 0 aliphatic carbocycles. The molecule has 3 rings (SSSR count). The van der Waals surface area contributed by atoms with Gasteiger partial charge in [0.2, 0.25) is 0 Å². The summed E-state index contributed by atoms with van der Waals surface area (Å²) in [6, 6.07) is 13.3. The van der Waals surface area contributed by atoms with Crippen molar-refractivity contribution < 1.29 is 13.7 Å². The van der Waals surface area contributed by atoms with Crippen LogP contribution in [0.25, 0.3) is 11.3 Å². The van der Waals surface area contributed by atoms with Gasteiger partial charge in [-0.05, 0) is 43.2 Å². The van der Waals surface area contributed by atoms with Gasteiger partial charge in [0.25, 0.3) is 5.91 Å². The highest BCUT2D eigenvalue weighted by Gasteiger charge is 2.15. The van der Waals surface area contributed by atoms with Crippen molar-refractivity contribution in [3.63, 3.8) is 0 Å². The zero-order valence-corrected chi connectivity index (χ0v) is 12.8. The van der Waals surface area contributed by atoms with E-state index in [1.54, 1.807) is 18.2 Å². The number of benzene rings is 2. The standard InChI is InChI=1S/C18H15FN2O2/c1-11-7-8-13(9-12(11)2)17-10-16(21-23-17)18(22)20-15-6-4-3-5-14(15)19/h3-10H,1-2H3,(H,20,22). The fourth-order valence-corrected chi connectivity index (χ4v) is 2.16. The van der Waals surface area contributed by atoms with E-state index < -0.39 is 11.7 Å². The van der Waals surface area contributed by atoms with Gasteiger partial charge in [-0.1, -0.05) is 29.4 Å². The van der Waals surface area contributed by atoms with Crippen molar-refractivity contribution in [2.24, 2.45) is 0 Å². The van der Waals surface area contributed by atoms with Crippen molar-refractivity contribution in [1.29, 1.82) is 0 Å². The second kappa shape index (κ2) is 6.04. The van der Waals surface area contributed by atoms with Crippen LogP contribution >= 0.6 is 0 Å². The van der Waals surface area contributed by atoms with Crippen molar-refractivity contribution in [2.75, 3.05) is 5.32 Å². The number of nitrogens with zero attached hydrogens (tertiary/aromatic N) is 1. The van der Waals surface area contributed by atoms with Gasteiger partial charge in [-0.15, -0.1) is 0 Å². The molecule has 0 spiro atoms. The van der Waals surface area contributed by atoms with E-state index in [0.29, 0.717) is 5.76 Å². The van der Waals surface area contributed by atoms with Crippen LogP contribution in [0.5, 0.6) is 0 Å². The number of halogens is 1. The molecule has 0 fully saturated rings. The highest BCUT2D eigenvalue weighted by Crippen LogP contribution is 2.23. The molecule has 0 bridgehead atoms. The lowest BCUT2D eigenvalue weighted by Crippen LogP contribution is -2.13. The van der Waals surface area contributed by atoms with Crippen LogP contribution in [0.3, 0.4) is 0 Å². The van der Waals surface area contributed by atoms with Crippen molar-refractivity contribution >= 4 is 11.6 Å². The fraction of sp³-hybridized carbons (Fsp3) is 0.111. The third-order valence-corrected chi connectivity index (χ3v) is 3.66. The predicted molar refractivity (Wildman–Crippen MR) is 85.8 cm³/mol. The smallest absolute Gasteiger partial charge is 0.277 e. The first-order valence-electron chi connectivity index (χ1n) is 7.15. The molecular weight excluding hydrogens is 295 g/mol. The Morgan fingerprint density at radius 2 is 1.87 bits per heavy atom. The summed E-state index contributed by atoms with van der Waals surface area (Å²) in [5.41, 5.74) is 3.34. The van der Waals surface area contributed by atoms with Gasteiger partial charge in [-0.3, -0.25) is 4.79 Å². The van der Waals surface area contributed by atoms with Gasteiger partial charge in [0.1, 0.15) is 5.82 Å². The minimum Gasteiger partial charge on any atom is -0.355 e. The molecule has 5 heteroatoms. The van der Waals surface area contributed by atoms with E-state index in [9.17, 15) is 9.18 Å². The Morgan fingerprint density at radius 1 is 1.09 bits per heavy atom. The molecule has 116 valence electrons. The van der Waals surface area contributed by atoms with Crippen LogP contribution in [0.2, 0.25) is 0 Å². The number of amides is 1. The van der Waals surface area contributed by atoms with Gasteiger partial charge >= 0.3 is 0 Å². The molecule has 1 amide bonds. The Kier molecular flexibility index (Phi) is 3.93. The number of carbonyl (C=O) groups excluding carboxylic acids is 1.